The molecular formula is C28H20. The van der Waals surface area contributed by atoms with Crippen LogP contribution < -0.4 is 0 Å². The monoisotopic (exact) mass is 356 g/mol. The molecule has 0 bridgehead atoms. The van der Waals surface area contributed by atoms with Crippen molar-refractivity contribution < 1.29 is 0 Å². The molecule has 132 valence electrons. The van der Waals surface area contributed by atoms with Crippen molar-refractivity contribution >= 4 is 12.2 Å². The lowest BCUT2D eigenvalue weighted by molar-refractivity contribution is 1.25. The molecule has 0 aliphatic heterocycles. The zero-order valence-electron chi connectivity index (χ0n) is 15.7. The van der Waals surface area contributed by atoms with Gasteiger partial charge in [0.25, 0.3) is 0 Å². The lowest BCUT2D eigenvalue weighted by Crippen LogP contribution is -1.88. The lowest BCUT2D eigenvalue weighted by atomic mass is 9.98. The summed E-state index contributed by atoms with van der Waals surface area (Å²) in [5.41, 5.74) is 14.0. The first-order chi connectivity index (χ1) is 13.9. The Kier molecular flexibility index (Phi) is 3.39. The minimum Gasteiger partial charge on any atom is -0.0619 e. The van der Waals surface area contributed by atoms with Crippen LogP contribution in [0.2, 0.25) is 0 Å². The summed E-state index contributed by atoms with van der Waals surface area (Å²) < 4.78 is 0. The van der Waals surface area contributed by atoms with Crippen molar-refractivity contribution in [2.75, 3.05) is 0 Å². The van der Waals surface area contributed by atoms with Gasteiger partial charge in [0, 0.05) is 0 Å². The van der Waals surface area contributed by atoms with Crippen molar-refractivity contribution in [2.45, 2.75) is 12.8 Å². The minimum atomic E-state index is 1.03. The molecule has 0 saturated carbocycles. The molecule has 6 rings (SSSR count). The minimum absolute atomic E-state index is 1.03. The van der Waals surface area contributed by atoms with Crippen molar-refractivity contribution in [1.82, 2.24) is 0 Å². The van der Waals surface area contributed by atoms with Crippen LogP contribution in [0.25, 0.3) is 34.4 Å². The molecule has 0 spiro atoms. The highest BCUT2D eigenvalue weighted by atomic mass is 14.2. The van der Waals surface area contributed by atoms with E-state index in [1.54, 1.807) is 0 Å². The normalized spacial score (nSPS) is 13.3. The number of benzene rings is 4. The van der Waals surface area contributed by atoms with Crippen LogP contribution in [0.4, 0.5) is 0 Å². The van der Waals surface area contributed by atoms with Gasteiger partial charge < -0.3 is 0 Å². The average Bonchev–Trinajstić information content (AvgIpc) is 3.31. The van der Waals surface area contributed by atoms with Gasteiger partial charge in [-0.15, -0.1) is 0 Å². The maximum absolute atomic E-state index is 2.31. The average molecular weight is 356 g/mol. The van der Waals surface area contributed by atoms with E-state index in [-0.39, 0.29) is 0 Å². The largest absolute Gasteiger partial charge is 0.0619 e. The Morgan fingerprint density at radius 3 is 1.36 bits per heavy atom. The Hall–Kier alpha value is -3.38. The van der Waals surface area contributed by atoms with Gasteiger partial charge in [0.15, 0.2) is 0 Å². The summed E-state index contributed by atoms with van der Waals surface area (Å²) in [6.45, 7) is 0. The molecule has 4 aromatic rings. The van der Waals surface area contributed by atoms with Crippen LogP contribution in [-0.4, -0.2) is 0 Å². The molecule has 0 radical (unpaired) electrons. The second-order valence-electron chi connectivity index (χ2n) is 7.75. The number of fused-ring (bicyclic) bond motifs is 6. The Morgan fingerprint density at radius 1 is 0.429 bits per heavy atom. The molecule has 0 heteroatoms. The van der Waals surface area contributed by atoms with Gasteiger partial charge in [0.2, 0.25) is 0 Å². The van der Waals surface area contributed by atoms with Gasteiger partial charge in [-0.05, 0) is 68.5 Å². The predicted octanol–water partition coefficient (Wildman–Crippen LogP) is 7.00. The van der Waals surface area contributed by atoms with Crippen LogP contribution in [-0.2, 0) is 12.8 Å². The van der Waals surface area contributed by atoms with E-state index < -0.39 is 0 Å². The summed E-state index contributed by atoms with van der Waals surface area (Å²) in [5, 5.41) is 0. The van der Waals surface area contributed by atoms with Gasteiger partial charge >= 0.3 is 0 Å². The summed E-state index contributed by atoms with van der Waals surface area (Å²) in [6, 6.07) is 31.0. The van der Waals surface area contributed by atoms with Crippen molar-refractivity contribution in [2.24, 2.45) is 0 Å². The molecule has 0 saturated heterocycles. The zero-order chi connectivity index (χ0) is 18.5. The lowest BCUT2D eigenvalue weighted by Gasteiger charge is -2.07. The van der Waals surface area contributed by atoms with E-state index in [0.29, 0.717) is 0 Å². The second kappa shape index (κ2) is 6.07. The van der Waals surface area contributed by atoms with Gasteiger partial charge in [-0.3, -0.25) is 0 Å². The molecule has 4 aromatic carbocycles. The fourth-order valence-corrected chi connectivity index (χ4v) is 4.86. The third-order valence-electron chi connectivity index (χ3n) is 6.22. The SMILES string of the molecule is C(=C\c1cccc2c1Cc1ccccc1-2)/c1cccc2c1Cc1ccccc1-2. The first-order valence-electron chi connectivity index (χ1n) is 9.97. The number of hydrogen-bond donors (Lipinski definition) is 0. The highest BCUT2D eigenvalue weighted by Gasteiger charge is 2.21. The summed E-state index contributed by atoms with van der Waals surface area (Å²) in [4.78, 5) is 0. The van der Waals surface area contributed by atoms with Crippen LogP contribution in [0.5, 0.6) is 0 Å². The van der Waals surface area contributed by atoms with E-state index in [9.17, 15) is 0 Å². The van der Waals surface area contributed by atoms with E-state index >= 15 is 0 Å². The van der Waals surface area contributed by atoms with Crippen LogP contribution in [0.3, 0.4) is 0 Å². The molecular weight excluding hydrogens is 336 g/mol. The first-order valence-corrected chi connectivity index (χ1v) is 9.97. The van der Waals surface area contributed by atoms with E-state index in [1.165, 1.54) is 55.6 Å². The Balaban J connectivity index is 1.40. The number of rotatable bonds is 2. The quantitative estimate of drug-likeness (QED) is 0.293. The Bertz CT molecular complexity index is 1160. The molecule has 2 aliphatic carbocycles. The van der Waals surface area contributed by atoms with Gasteiger partial charge in [-0.2, -0.15) is 0 Å². The Morgan fingerprint density at radius 2 is 0.857 bits per heavy atom. The first kappa shape index (κ1) is 15.7. The van der Waals surface area contributed by atoms with Crippen molar-refractivity contribution in [3.8, 4) is 22.3 Å². The highest BCUT2D eigenvalue weighted by molar-refractivity contribution is 5.86. The molecule has 0 atom stereocenters. The number of hydrogen-bond acceptors (Lipinski definition) is 0. The van der Waals surface area contributed by atoms with Gasteiger partial charge in [-0.25, -0.2) is 0 Å². The molecule has 0 heterocycles. The molecule has 0 amide bonds. The third kappa shape index (κ3) is 2.31. The smallest absolute Gasteiger partial charge is 0.000751 e. The zero-order valence-corrected chi connectivity index (χ0v) is 15.7. The molecule has 0 nitrogen and oxygen atoms in total. The summed E-state index contributed by atoms with van der Waals surface area (Å²) in [6.07, 6.45) is 6.68. The molecule has 0 fully saturated rings. The van der Waals surface area contributed by atoms with Gasteiger partial charge in [0.1, 0.15) is 0 Å². The topological polar surface area (TPSA) is 0 Å². The van der Waals surface area contributed by atoms with Crippen LogP contribution in [0, 0.1) is 0 Å². The molecule has 2 aliphatic rings. The van der Waals surface area contributed by atoms with Crippen LogP contribution in [0.15, 0.2) is 84.9 Å². The summed E-state index contributed by atoms with van der Waals surface area (Å²) in [7, 11) is 0. The van der Waals surface area contributed by atoms with E-state index in [1.807, 2.05) is 0 Å². The molecule has 0 unspecified atom stereocenters. The fourth-order valence-electron chi connectivity index (χ4n) is 4.86. The molecule has 0 N–H and O–H groups in total. The summed E-state index contributed by atoms with van der Waals surface area (Å²) in [5.74, 6) is 0. The predicted molar refractivity (Wildman–Crippen MR) is 118 cm³/mol. The van der Waals surface area contributed by atoms with E-state index in [2.05, 4.69) is 97.1 Å². The van der Waals surface area contributed by atoms with Gasteiger partial charge in [0.05, 0.1) is 0 Å². The Labute approximate surface area is 165 Å². The van der Waals surface area contributed by atoms with E-state index in [0.717, 1.165) is 12.8 Å². The van der Waals surface area contributed by atoms with Gasteiger partial charge in [-0.1, -0.05) is 97.1 Å². The maximum atomic E-state index is 2.31. The third-order valence-corrected chi connectivity index (χ3v) is 6.22. The highest BCUT2D eigenvalue weighted by Crippen LogP contribution is 2.40. The van der Waals surface area contributed by atoms with Crippen molar-refractivity contribution in [3.05, 3.63) is 118 Å². The maximum Gasteiger partial charge on any atom is -0.000751 e. The summed E-state index contributed by atoms with van der Waals surface area (Å²) >= 11 is 0. The fraction of sp³-hybridized carbons (Fsp3) is 0.0714. The second-order valence-corrected chi connectivity index (χ2v) is 7.75. The van der Waals surface area contributed by atoms with Crippen molar-refractivity contribution in [1.29, 1.82) is 0 Å². The van der Waals surface area contributed by atoms with Crippen LogP contribution >= 0.6 is 0 Å². The van der Waals surface area contributed by atoms with Crippen LogP contribution in [0.1, 0.15) is 33.4 Å². The van der Waals surface area contributed by atoms with E-state index in [4.69, 9.17) is 0 Å². The molecule has 28 heavy (non-hydrogen) atoms. The molecule has 0 aromatic heterocycles. The van der Waals surface area contributed by atoms with Crippen molar-refractivity contribution in [3.63, 3.8) is 0 Å². The standard InChI is InChI=1S/C28H20/c1-3-11-23-21(7-1)17-27-19(9-5-13-25(23)27)15-16-20-10-6-14-26-24-12-4-2-8-22(24)18-28(20)26/h1-16H,17-18H2/b16-15+.